The van der Waals surface area contributed by atoms with Crippen LogP contribution in [0.5, 0.6) is 0 Å². The van der Waals surface area contributed by atoms with Crippen LogP contribution in [0.25, 0.3) is 0 Å². The second-order valence-corrected chi connectivity index (χ2v) is 11.0. The van der Waals surface area contributed by atoms with Crippen LogP contribution in [0, 0.1) is 0 Å². The molecule has 6 nitrogen and oxygen atoms in total. The second kappa shape index (κ2) is 8.66. The van der Waals surface area contributed by atoms with Crippen molar-refractivity contribution >= 4 is 41.7 Å². The van der Waals surface area contributed by atoms with E-state index in [1.165, 1.54) is 47.8 Å². The van der Waals surface area contributed by atoms with Crippen molar-refractivity contribution < 1.29 is 16.8 Å². The molecule has 0 aliphatic heterocycles. The van der Waals surface area contributed by atoms with Gasteiger partial charge in [-0.15, -0.1) is 0 Å². The summed E-state index contributed by atoms with van der Waals surface area (Å²) in [6.07, 6.45) is 0. The fourth-order valence-corrected chi connectivity index (χ4v) is 5.11. The summed E-state index contributed by atoms with van der Waals surface area (Å²) < 4.78 is 54.9. The van der Waals surface area contributed by atoms with Crippen molar-refractivity contribution in [3.05, 3.63) is 88.9 Å². The Labute approximate surface area is 179 Å². The number of nitrogens with one attached hydrogen (secondary N) is 1. The molecule has 0 amide bonds. The highest BCUT2D eigenvalue weighted by Crippen LogP contribution is 2.22. The van der Waals surface area contributed by atoms with Crippen molar-refractivity contribution in [2.24, 2.45) is 0 Å². The third kappa shape index (κ3) is 5.24. The zero-order valence-corrected chi connectivity index (χ0v) is 18.7. The van der Waals surface area contributed by atoms with Crippen LogP contribution in [-0.2, 0) is 26.6 Å². The molecule has 152 valence electrons. The van der Waals surface area contributed by atoms with Gasteiger partial charge in [-0.25, -0.2) is 16.8 Å². The zero-order valence-electron chi connectivity index (χ0n) is 15.5. The van der Waals surface area contributed by atoms with Gasteiger partial charge in [0.1, 0.15) is 0 Å². The first-order chi connectivity index (χ1) is 13.7. The Hall–Kier alpha value is -2.20. The Kier molecular flexibility index (Phi) is 6.42. The van der Waals surface area contributed by atoms with Crippen molar-refractivity contribution in [3.8, 4) is 0 Å². The smallest absolute Gasteiger partial charge is 0.261 e. The summed E-state index contributed by atoms with van der Waals surface area (Å²) in [7, 11) is -5.96. The molecule has 0 heterocycles. The first kappa shape index (κ1) is 21.5. The minimum Gasteiger partial charge on any atom is -0.280 e. The van der Waals surface area contributed by atoms with Gasteiger partial charge in [-0.3, -0.25) is 4.72 Å². The highest BCUT2D eigenvalue weighted by Gasteiger charge is 2.21. The lowest BCUT2D eigenvalue weighted by Gasteiger charge is -2.17. The van der Waals surface area contributed by atoms with Gasteiger partial charge in [0.2, 0.25) is 10.0 Å². The molecular weight excluding hydrogens is 476 g/mol. The van der Waals surface area contributed by atoms with E-state index in [4.69, 9.17) is 0 Å². The van der Waals surface area contributed by atoms with E-state index in [0.717, 1.165) is 10.0 Å². The molecular formula is C20H19BrN2O4S2. The van der Waals surface area contributed by atoms with Gasteiger partial charge < -0.3 is 0 Å². The minimum absolute atomic E-state index is 0.0857. The Bertz CT molecular complexity index is 1180. The quantitative estimate of drug-likeness (QED) is 0.536. The number of nitrogens with zero attached hydrogens (tertiary/aromatic N) is 1. The van der Waals surface area contributed by atoms with Gasteiger partial charge in [0.25, 0.3) is 10.0 Å². The summed E-state index contributed by atoms with van der Waals surface area (Å²) in [6.45, 7) is 0.237. The summed E-state index contributed by atoms with van der Waals surface area (Å²) in [5.41, 5.74) is 1.15. The summed E-state index contributed by atoms with van der Waals surface area (Å²) in [5, 5.41) is 0. The van der Waals surface area contributed by atoms with Crippen LogP contribution in [0.1, 0.15) is 5.56 Å². The van der Waals surface area contributed by atoms with Crippen LogP contribution in [0.4, 0.5) is 5.69 Å². The van der Waals surface area contributed by atoms with Gasteiger partial charge in [-0.05, 0) is 54.1 Å². The first-order valence-corrected chi connectivity index (χ1v) is 12.3. The predicted octanol–water partition coefficient (Wildman–Crippen LogP) is 4.07. The lowest BCUT2D eigenvalue weighted by molar-refractivity contribution is 0.467. The van der Waals surface area contributed by atoms with E-state index in [1.807, 2.05) is 30.3 Å². The molecule has 29 heavy (non-hydrogen) atoms. The molecule has 0 saturated heterocycles. The Morgan fingerprint density at radius 1 is 0.793 bits per heavy atom. The van der Waals surface area contributed by atoms with Crippen molar-refractivity contribution in [1.82, 2.24) is 4.31 Å². The molecule has 1 N–H and O–H groups in total. The number of halogens is 1. The molecule has 0 aliphatic carbocycles. The molecule has 0 spiro atoms. The molecule has 9 heteroatoms. The summed E-state index contributed by atoms with van der Waals surface area (Å²) in [5.74, 6) is 0. The zero-order chi connectivity index (χ0) is 21.1. The first-order valence-electron chi connectivity index (χ1n) is 8.57. The molecule has 3 aromatic rings. The van der Waals surface area contributed by atoms with E-state index in [9.17, 15) is 16.8 Å². The van der Waals surface area contributed by atoms with Crippen LogP contribution >= 0.6 is 15.9 Å². The van der Waals surface area contributed by atoms with Gasteiger partial charge in [0.15, 0.2) is 0 Å². The van der Waals surface area contributed by atoms with Crippen LogP contribution in [-0.4, -0.2) is 28.2 Å². The monoisotopic (exact) mass is 494 g/mol. The molecule has 3 aromatic carbocycles. The average molecular weight is 495 g/mol. The molecule has 0 aliphatic rings. The third-order valence-corrected chi connectivity index (χ3v) is 7.93. The molecule has 3 rings (SSSR count). The summed E-state index contributed by atoms with van der Waals surface area (Å²) >= 11 is 3.26. The van der Waals surface area contributed by atoms with Gasteiger partial charge in [0, 0.05) is 23.8 Å². The summed E-state index contributed by atoms with van der Waals surface area (Å²) in [6, 6.07) is 21.1. The average Bonchev–Trinajstić information content (AvgIpc) is 2.69. The van der Waals surface area contributed by atoms with Gasteiger partial charge in [-0.1, -0.05) is 46.3 Å². The lowest BCUT2D eigenvalue weighted by atomic mass is 10.2. The molecule has 0 aromatic heterocycles. The van der Waals surface area contributed by atoms with E-state index >= 15 is 0 Å². The topological polar surface area (TPSA) is 83.6 Å². The van der Waals surface area contributed by atoms with Crippen LogP contribution in [0.15, 0.2) is 93.1 Å². The maximum absolute atomic E-state index is 12.8. The van der Waals surface area contributed by atoms with Gasteiger partial charge in [-0.2, -0.15) is 4.31 Å². The van der Waals surface area contributed by atoms with Gasteiger partial charge >= 0.3 is 0 Å². The SMILES string of the molecule is CN(Cc1ccccc1)S(=O)(=O)c1ccc(NS(=O)(=O)c2ccc(Br)cc2)cc1. The second-order valence-electron chi connectivity index (χ2n) is 6.33. The Morgan fingerprint density at radius 2 is 1.34 bits per heavy atom. The minimum atomic E-state index is -3.77. The highest BCUT2D eigenvalue weighted by atomic mass is 79.9. The van der Waals surface area contributed by atoms with Crippen molar-refractivity contribution in [2.45, 2.75) is 16.3 Å². The van der Waals surface area contributed by atoms with E-state index < -0.39 is 20.0 Å². The molecule has 0 bridgehead atoms. The van der Waals surface area contributed by atoms with Crippen molar-refractivity contribution in [2.75, 3.05) is 11.8 Å². The third-order valence-electron chi connectivity index (χ3n) is 4.19. The number of sulfonamides is 2. The summed E-state index contributed by atoms with van der Waals surface area (Å²) in [4.78, 5) is 0.197. The van der Waals surface area contributed by atoms with Crippen LogP contribution in [0.2, 0.25) is 0 Å². The van der Waals surface area contributed by atoms with E-state index in [-0.39, 0.29) is 22.0 Å². The van der Waals surface area contributed by atoms with E-state index in [2.05, 4.69) is 20.7 Å². The maximum atomic E-state index is 12.8. The van der Waals surface area contributed by atoms with Crippen LogP contribution < -0.4 is 4.72 Å². The Balaban J connectivity index is 1.76. The number of hydrogen-bond donors (Lipinski definition) is 1. The number of hydrogen-bond acceptors (Lipinski definition) is 4. The normalized spacial score (nSPS) is 12.1. The maximum Gasteiger partial charge on any atom is 0.261 e. The highest BCUT2D eigenvalue weighted by molar-refractivity contribution is 9.10. The number of rotatable bonds is 7. The molecule has 0 unspecified atom stereocenters. The van der Waals surface area contributed by atoms with E-state index in [0.29, 0.717) is 0 Å². The predicted molar refractivity (Wildman–Crippen MR) is 116 cm³/mol. The largest absolute Gasteiger partial charge is 0.280 e. The standard InChI is InChI=1S/C20H19BrN2O4S2/c1-23(15-16-5-3-2-4-6-16)29(26,27)20-13-9-18(10-14-20)22-28(24,25)19-11-7-17(21)8-12-19/h2-14,22H,15H2,1H3. The van der Waals surface area contributed by atoms with Crippen molar-refractivity contribution in [3.63, 3.8) is 0 Å². The number of anilines is 1. The Morgan fingerprint density at radius 3 is 1.93 bits per heavy atom. The molecule has 0 fully saturated rings. The van der Waals surface area contributed by atoms with E-state index in [1.54, 1.807) is 12.1 Å². The van der Waals surface area contributed by atoms with Gasteiger partial charge in [0.05, 0.1) is 9.79 Å². The van der Waals surface area contributed by atoms with Crippen LogP contribution in [0.3, 0.4) is 0 Å². The van der Waals surface area contributed by atoms with Crippen molar-refractivity contribution in [1.29, 1.82) is 0 Å². The molecule has 0 radical (unpaired) electrons. The molecule has 0 saturated carbocycles. The number of benzene rings is 3. The fraction of sp³-hybridized carbons (Fsp3) is 0.100. The fourth-order valence-electron chi connectivity index (χ4n) is 2.63. The lowest BCUT2D eigenvalue weighted by Crippen LogP contribution is -2.26. The molecule has 0 atom stereocenters.